The van der Waals surface area contributed by atoms with E-state index in [0.29, 0.717) is 29.3 Å². The summed E-state index contributed by atoms with van der Waals surface area (Å²) >= 11 is 0. The van der Waals surface area contributed by atoms with Crippen LogP contribution in [0.15, 0.2) is 41.1 Å². The van der Waals surface area contributed by atoms with E-state index in [1.165, 1.54) is 17.2 Å². The van der Waals surface area contributed by atoms with E-state index in [0.717, 1.165) is 0 Å². The molecule has 4 rings (SSSR count). The molecule has 1 aliphatic heterocycles. The molecule has 1 saturated heterocycles. The second kappa shape index (κ2) is 8.34. The van der Waals surface area contributed by atoms with Crippen LogP contribution >= 0.6 is 0 Å². The Bertz CT molecular complexity index is 1090. The molecule has 0 aromatic carbocycles. The lowest BCUT2D eigenvalue weighted by molar-refractivity contribution is -0.144. The second-order valence-electron chi connectivity index (χ2n) is 7.19. The van der Waals surface area contributed by atoms with Crippen molar-refractivity contribution in [2.24, 2.45) is 0 Å². The molecule has 0 unspecified atom stereocenters. The van der Waals surface area contributed by atoms with Crippen molar-refractivity contribution in [1.82, 2.24) is 25.0 Å². The molecule has 2 N–H and O–H groups in total. The van der Waals surface area contributed by atoms with E-state index in [1.54, 1.807) is 31.3 Å². The minimum Gasteiger partial charge on any atom is -0.373 e. The number of amides is 1. The van der Waals surface area contributed by atoms with Crippen molar-refractivity contribution in [3.05, 3.63) is 42.3 Å². The maximum atomic E-state index is 12.3. The zero-order valence-corrected chi connectivity index (χ0v) is 16.6. The van der Waals surface area contributed by atoms with Crippen molar-refractivity contribution in [3.8, 4) is 22.8 Å². The van der Waals surface area contributed by atoms with Crippen LogP contribution in [0.25, 0.3) is 22.8 Å². The summed E-state index contributed by atoms with van der Waals surface area (Å²) in [6.07, 6.45) is -0.986. The Morgan fingerprint density at radius 1 is 1.23 bits per heavy atom. The van der Waals surface area contributed by atoms with Crippen LogP contribution in [-0.4, -0.2) is 62.6 Å². The molecule has 1 atom stereocenters. The van der Waals surface area contributed by atoms with Crippen LogP contribution in [0.3, 0.4) is 0 Å². The summed E-state index contributed by atoms with van der Waals surface area (Å²) in [5.74, 6) is -0.151. The monoisotopic (exact) mass is 430 g/mol. The molecule has 1 fully saturated rings. The van der Waals surface area contributed by atoms with Crippen LogP contribution < -0.4 is 5.32 Å². The van der Waals surface area contributed by atoms with E-state index in [-0.39, 0.29) is 31.1 Å². The highest BCUT2D eigenvalue weighted by Gasteiger charge is 2.48. The van der Waals surface area contributed by atoms with Crippen molar-refractivity contribution in [2.45, 2.75) is 24.9 Å². The Kier molecular flexibility index (Phi) is 5.59. The number of nitrogens with zero attached hydrogens (tertiary/aromatic N) is 5. The van der Waals surface area contributed by atoms with Crippen LogP contribution in [-0.2, 0) is 10.4 Å². The fourth-order valence-electron chi connectivity index (χ4n) is 3.27. The molecule has 9 nitrogen and oxygen atoms in total. The number of hydrogen-bond acceptors (Lipinski definition) is 8. The lowest BCUT2D eigenvalue weighted by Crippen LogP contribution is -2.35. The van der Waals surface area contributed by atoms with Gasteiger partial charge in [0.2, 0.25) is 18.0 Å². The molecular weight excluding hydrogens is 410 g/mol. The zero-order valence-electron chi connectivity index (χ0n) is 16.6. The normalized spacial score (nSPS) is 18.7. The summed E-state index contributed by atoms with van der Waals surface area (Å²) < 4.78 is 29.9. The molecule has 11 heteroatoms. The number of carbonyl (C=O) groups excluding carboxylic acids is 1. The Labute approximate surface area is 176 Å². The first-order valence-electron chi connectivity index (χ1n) is 9.65. The van der Waals surface area contributed by atoms with Gasteiger partial charge in [-0.25, -0.2) is 23.7 Å². The molecule has 0 radical (unpaired) electrons. The van der Waals surface area contributed by atoms with Crippen LogP contribution in [0, 0.1) is 0 Å². The number of anilines is 1. The quantitative estimate of drug-likeness (QED) is 0.587. The van der Waals surface area contributed by atoms with Gasteiger partial charge in [0.1, 0.15) is 5.69 Å². The molecule has 4 heterocycles. The van der Waals surface area contributed by atoms with Gasteiger partial charge in [0.05, 0.1) is 17.1 Å². The lowest BCUT2D eigenvalue weighted by Gasteiger charge is -2.16. The molecule has 0 spiro atoms. The van der Waals surface area contributed by atoms with Gasteiger partial charge < -0.3 is 19.8 Å². The Balaban J connectivity index is 1.56. The molecule has 0 aliphatic carbocycles. The number of aromatic nitrogens is 4. The van der Waals surface area contributed by atoms with Gasteiger partial charge in [-0.1, -0.05) is 11.2 Å². The van der Waals surface area contributed by atoms with Crippen molar-refractivity contribution >= 4 is 11.9 Å². The highest BCUT2D eigenvalue weighted by atomic mass is 19.3. The molecule has 31 heavy (non-hydrogen) atoms. The predicted octanol–water partition coefficient (Wildman–Crippen LogP) is 2.31. The smallest absolute Gasteiger partial charge is 0.262 e. The fourth-order valence-corrected chi connectivity index (χ4v) is 3.27. The molecule has 3 aromatic heterocycles. The Morgan fingerprint density at radius 2 is 1.97 bits per heavy atom. The number of hydrogen-bond donors (Lipinski definition) is 2. The first-order valence-corrected chi connectivity index (χ1v) is 9.65. The molecule has 3 aromatic rings. The predicted molar refractivity (Wildman–Crippen MR) is 106 cm³/mol. The molecular formula is C20H20F2N6O3. The Morgan fingerprint density at radius 3 is 2.68 bits per heavy atom. The van der Waals surface area contributed by atoms with Gasteiger partial charge in [0.15, 0.2) is 5.76 Å². The highest BCUT2D eigenvalue weighted by Crippen LogP contribution is 2.34. The van der Waals surface area contributed by atoms with Crippen LogP contribution in [0.4, 0.5) is 14.7 Å². The second-order valence-corrected chi connectivity index (χ2v) is 7.19. The van der Waals surface area contributed by atoms with Gasteiger partial charge in [0.25, 0.3) is 5.91 Å². The first kappa shape index (κ1) is 20.8. The zero-order chi connectivity index (χ0) is 22.0. The van der Waals surface area contributed by atoms with Crippen LogP contribution in [0.2, 0.25) is 0 Å². The van der Waals surface area contributed by atoms with Gasteiger partial charge in [-0.15, -0.1) is 0 Å². The summed E-state index contributed by atoms with van der Waals surface area (Å²) in [6.45, 7) is 0.466. The van der Waals surface area contributed by atoms with Gasteiger partial charge in [-0.2, -0.15) is 0 Å². The van der Waals surface area contributed by atoms with Gasteiger partial charge in [0, 0.05) is 45.2 Å². The van der Waals surface area contributed by atoms with E-state index in [1.807, 2.05) is 0 Å². The minimum atomic E-state index is -2.40. The summed E-state index contributed by atoms with van der Waals surface area (Å²) in [4.78, 5) is 26.6. The molecule has 1 aliphatic rings. The van der Waals surface area contributed by atoms with E-state index in [9.17, 15) is 18.7 Å². The number of rotatable bonds is 7. The van der Waals surface area contributed by atoms with E-state index in [4.69, 9.17) is 4.52 Å². The van der Waals surface area contributed by atoms with Crippen LogP contribution in [0.5, 0.6) is 0 Å². The number of likely N-dealkylation sites (N-methyl/N-ethyl adjacent to an activating group) is 1. The highest BCUT2D eigenvalue weighted by molar-refractivity contribution is 5.87. The standard InChI is InChI=1S/C20H20F2N6O3/c1-28-10-7-20(30,18(28)29)16-11-15(27-31-16)13-4-2-3-12(25-13)14-5-8-23-19(26-14)24-9-6-17(21)22/h2-5,8,11,17,30H,6-7,9-10H2,1H3,(H,23,24,26)/t20-/m1/s1. The van der Waals surface area contributed by atoms with Gasteiger partial charge in [-0.3, -0.25) is 4.79 Å². The first-order chi connectivity index (χ1) is 14.9. The summed E-state index contributed by atoms with van der Waals surface area (Å²) in [5.41, 5.74) is 0.0871. The number of nitrogens with one attached hydrogen (secondary N) is 1. The third kappa shape index (κ3) is 4.22. The fraction of sp³-hybridized carbons (Fsp3) is 0.350. The average molecular weight is 430 g/mol. The topological polar surface area (TPSA) is 117 Å². The lowest BCUT2D eigenvalue weighted by atomic mass is 9.98. The summed E-state index contributed by atoms with van der Waals surface area (Å²) in [7, 11) is 1.61. The largest absolute Gasteiger partial charge is 0.373 e. The van der Waals surface area contributed by atoms with Crippen molar-refractivity contribution in [3.63, 3.8) is 0 Å². The molecule has 0 saturated carbocycles. The van der Waals surface area contributed by atoms with Gasteiger partial charge >= 0.3 is 0 Å². The average Bonchev–Trinajstić information content (AvgIpc) is 3.36. The number of pyridine rings is 1. The number of alkyl halides is 2. The minimum absolute atomic E-state index is 0.0487. The van der Waals surface area contributed by atoms with E-state index in [2.05, 4.69) is 25.4 Å². The summed E-state index contributed by atoms with van der Waals surface area (Å²) in [5, 5.41) is 17.4. The molecule has 0 bridgehead atoms. The number of aliphatic hydroxyl groups is 1. The number of carbonyl (C=O) groups is 1. The van der Waals surface area contributed by atoms with E-state index < -0.39 is 17.9 Å². The van der Waals surface area contributed by atoms with Gasteiger partial charge in [-0.05, 0) is 18.2 Å². The van der Waals surface area contributed by atoms with Crippen molar-refractivity contribution in [2.75, 3.05) is 25.5 Å². The number of halogens is 2. The van der Waals surface area contributed by atoms with Crippen molar-refractivity contribution in [1.29, 1.82) is 0 Å². The maximum absolute atomic E-state index is 12.3. The summed E-state index contributed by atoms with van der Waals surface area (Å²) in [6, 6.07) is 8.34. The van der Waals surface area contributed by atoms with Crippen LogP contribution in [0.1, 0.15) is 18.6 Å². The maximum Gasteiger partial charge on any atom is 0.262 e. The Hall–Kier alpha value is -3.47. The third-order valence-electron chi connectivity index (χ3n) is 5.00. The van der Waals surface area contributed by atoms with E-state index >= 15 is 0 Å². The SMILES string of the molecule is CN1CC[C@@](O)(c2cc(-c3cccc(-c4ccnc(NCCC(F)F)n4)n3)no2)C1=O. The molecule has 1 amide bonds. The molecule has 162 valence electrons. The van der Waals surface area contributed by atoms with Crippen molar-refractivity contribution < 1.29 is 23.2 Å². The number of likely N-dealkylation sites (tertiary alicyclic amines) is 1. The third-order valence-corrected chi connectivity index (χ3v) is 5.00.